The summed E-state index contributed by atoms with van der Waals surface area (Å²) in [6.07, 6.45) is 2.58. The van der Waals surface area contributed by atoms with Crippen molar-refractivity contribution >= 4 is 5.96 Å². The number of likely N-dealkylation sites (N-methyl/N-ethyl adjacent to an activating group) is 2. The van der Waals surface area contributed by atoms with Gasteiger partial charge < -0.3 is 15.5 Å². The van der Waals surface area contributed by atoms with Crippen molar-refractivity contribution in [3.63, 3.8) is 0 Å². The van der Waals surface area contributed by atoms with E-state index in [4.69, 9.17) is 5.73 Å². The molecule has 0 amide bonds. The summed E-state index contributed by atoms with van der Waals surface area (Å²) in [4.78, 5) is 8.37. The molecule has 4 heteroatoms. The zero-order valence-electron chi connectivity index (χ0n) is 8.82. The van der Waals surface area contributed by atoms with Crippen LogP contribution in [0.2, 0.25) is 0 Å². The fraction of sp³-hybridized carbons (Fsp3) is 0.889. The molecule has 13 heavy (non-hydrogen) atoms. The Morgan fingerprint density at radius 3 is 2.85 bits per heavy atom. The molecule has 1 rings (SSSR count). The number of hydrogen-bond donors (Lipinski definition) is 1. The maximum absolute atomic E-state index is 5.70. The summed E-state index contributed by atoms with van der Waals surface area (Å²) in [5.74, 6) is 0.625. The number of aliphatic imine (C=N–C) groups is 1. The molecule has 4 nitrogen and oxygen atoms in total. The lowest BCUT2D eigenvalue weighted by molar-refractivity contribution is 0.266. The molecule has 1 saturated heterocycles. The van der Waals surface area contributed by atoms with Crippen molar-refractivity contribution in [2.24, 2.45) is 10.7 Å². The molecule has 0 aromatic rings. The summed E-state index contributed by atoms with van der Waals surface area (Å²) in [7, 11) is 5.89. The molecule has 0 saturated carbocycles. The van der Waals surface area contributed by atoms with Crippen LogP contribution < -0.4 is 5.73 Å². The first-order valence-electron chi connectivity index (χ1n) is 4.78. The Kier molecular flexibility index (Phi) is 3.54. The summed E-state index contributed by atoms with van der Waals surface area (Å²) in [6.45, 7) is 2.20. The first-order valence-corrected chi connectivity index (χ1v) is 4.78. The normalized spacial score (nSPS) is 25.2. The molecule has 1 heterocycles. The first kappa shape index (κ1) is 10.3. The molecule has 2 N–H and O–H groups in total. The second kappa shape index (κ2) is 4.46. The summed E-state index contributed by atoms with van der Waals surface area (Å²) in [5.41, 5.74) is 5.70. The molecule has 0 bridgehead atoms. The number of nitrogens with two attached hydrogens (primary N) is 1. The van der Waals surface area contributed by atoms with Crippen LogP contribution in [0.25, 0.3) is 0 Å². The smallest absolute Gasteiger partial charge is 0.190 e. The molecule has 1 unspecified atom stereocenters. The molecule has 0 aromatic carbocycles. The topological polar surface area (TPSA) is 44.9 Å². The van der Waals surface area contributed by atoms with Crippen molar-refractivity contribution in [2.75, 3.05) is 34.2 Å². The monoisotopic (exact) mass is 184 g/mol. The fourth-order valence-electron chi connectivity index (χ4n) is 1.79. The number of hydrogen-bond acceptors (Lipinski definition) is 2. The van der Waals surface area contributed by atoms with Gasteiger partial charge in [-0.1, -0.05) is 0 Å². The van der Waals surface area contributed by atoms with E-state index in [0.717, 1.165) is 6.54 Å². The first-order chi connectivity index (χ1) is 6.15. The van der Waals surface area contributed by atoms with Crippen LogP contribution in [0.3, 0.4) is 0 Å². The quantitative estimate of drug-likeness (QED) is 0.484. The van der Waals surface area contributed by atoms with Crippen molar-refractivity contribution in [3.05, 3.63) is 0 Å². The minimum Gasteiger partial charge on any atom is -0.370 e. The molecular formula is C9H20N4. The van der Waals surface area contributed by atoms with Gasteiger partial charge in [0.05, 0.1) is 0 Å². The van der Waals surface area contributed by atoms with E-state index < -0.39 is 0 Å². The van der Waals surface area contributed by atoms with Gasteiger partial charge in [-0.25, -0.2) is 0 Å². The van der Waals surface area contributed by atoms with Crippen molar-refractivity contribution in [3.8, 4) is 0 Å². The average molecular weight is 184 g/mol. The van der Waals surface area contributed by atoms with Crippen LogP contribution in [-0.2, 0) is 0 Å². The predicted octanol–water partition coefficient (Wildman–Crippen LogP) is -0.0431. The lowest BCUT2D eigenvalue weighted by atomic mass is 10.2. The van der Waals surface area contributed by atoms with Crippen LogP contribution in [0, 0.1) is 0 Å². The third-order valence-electron chi connectivity index (χ3n) is 2.78. The van der Waals surface area contributed by atoms with Gasteiger partial charge in [-0.15, -0.1) is 0 Å². The summed E-state index contributed by atoms with van der Waals surface area (Å²) in [6, 6.07) is 0.644. The van der Waals surface area contributed by atoms with E-state index in [1.54, 1.807) is 7.05 Å². The Morgan fingerprint density at radius 1 is 1.69 bits per heavy atom. The van der Waals surface area contributed by atoms with Crippen molar-refractivity contribution < 1.29 is 0 Å². The molecule has 0 spiro atoms. The largest absolute Gasteiger partial charge is 0.370 e. The van der Waals surface area contributed by atoms with Gasteiger partial charge in [0, 0.05) is 26.7 Å². The Labute approximate surface area is 80.4 Å². The molecule has 1 aliphatic rings. The Bertz CT molecular complexity index is 190. The highest BCUT2D eigenvalue weighted by Gasteiger charge is 2.22. The number of nitrogens with zero attached hydrogens (tertiary/aromatic N) is 3. The molecule has 0 aliphatic carbocycles. The zero-order valence-corrected chi connectivity index (χ0v) is 8.82. The van der Waals surface area contributed by atoms with Crippen molar-refractivity contribution in [1.82, 2.24) is 9.80 Å². The summed E-state index contributed by atoms with van der Waals surface area (Å²) >= 11 is 0. The lowest BCUT2D eigenvalue weighted by Gasteiger charge is -2.26. The highest BCUT2D eigenvalue weighted by molar-refractivity contribution is 5.77. The van der Waals surface area contributed by atoms with Crippen molar-refractivity contribution in [2.45, 2.75) is 18.9 Å². The summed E-state index contributed by atoms with van der Waals surface area (Å²) < 4.78 is 0. The van der Waals surface area contributed by atoms with Gasteiger partial charge in [0.2, 0.25) is 0 Å². The zero-order chi connectivity index (χ0) is 9.84. The van der Waals surface area contributed by atoms with E-state index in [9.17, 15) is 0 Å². The van der Waals surface area contributed by atoms with Gasteiger partial charge >= 0.3 is 0 Å². The Balaban J connectivity index is 2.39. The molecular weight excluding hydrogens is 164 g/mol. The number of likely N-dealkylation sites (tertiary alicyclic amines) is 1. The van der Waals surface area contributed by atoms with E-state index in [0.29, 0.717) is 12.0 Å². The minimum absolute atomic E-state index is 0.625. The van der Waals surface area contributed by atoms with E-state index in [2.05, 4.69) is 16.9 Å². The van der Waals surface area contributed by atoms with Crippen LogP contribution in [-0.4, -0.2) is 56.0 Å². The molecule has 1 aliphatic heterocycles. The van der Waals surface area contributed by atoms with Crippen LogP contribution in [0.15, 0.2) is 4.99 Å². The molecule has 0 aromatic heterocycles. The SMILES string of the molecule is CN=C(N)N(C)CC1CCCN1C. The second-order valence-corrected chi connectivity index (χ2v) is 3.74. The highest BCUT2D eigenvalue weighted by Crippen LogP contribution is 2.14. The van der Waals surface area contributed by atoms with Crippen molar-refractivity contribution in [1.29, 1.82) is 0 Å². The van der Waals surface area contributed by atoms with Gasteiger partial charge in [0.25, 0.3) is 0 Å². The van der Waals surface area contributed by atoms with Crippen LogP contribution >= 0.6 is 0 Å². The van der Waals surface area contributed by atoms with E-state index in [1.165, 1.54) is 19.4 Å². The average Bonchev–Trinajstić information content (AvgIpc) is 2.50. The number of guanidine groups is 1. The Morgan fingerprint density at radius 2 is 2.38 bits per heavy atom. The molecule has 1 atom stereocenters. The third-order valence-corrected chi connectivity index (χ3v) is 2.78. The lowest BCUT2D eigenvalue weighted by Crippen LogP contribution is -2.42. The third kappa shape index (κ3) is 2.59. The summed E-state index contributed by atoms with van der Waals surface area (Å²) in [5, 5.41) is 0. The maximum Gasteiger partial charge on any atom is 0.190 e. The predicted molar refractivity (Wildman–Crippen MR) is 55.8 cm³/mol. The van der Waals surface area contributed by atoms with Crippen LogP contribution in [0.4, 0.5) is 0 Å². The van der Waals surface area contributed by atoms with Crippen LogP contribution in [0.1, 0.15) is 12.8 Å². The van der Waals surface area contributed by atoms with Gasteiger partial charge in [-0.05, 0) is 26.4 Å². The Hall–Kier alpha value is -0.770. The van der Waals surface area contributed by atoms with E-state index in [1.807, 2.05) is 11.9 Å². The molecule has 76 valence electrons. The van der Waals surface area contributed by atoms with Crippen LogP contribution in [0.5, 0.6) is 0 Å². The molecule has 0 radical (unpaired) electrons. The van der Waals surface area contributed by atoms with Gasteiger partial charge in [0.15, 0.2) is 5.96 Å². The standard InChI is InChI=1S/C9H20N4/c1-11-9(10)13(3)7-8-5-4-6-12(8)2/h8H,4-7H2,1-3H3,(H2,10,11). The van der Waals surface area contributed by atoms with Gasteiger partial charge in [-0.3, -0.25) is 4.99 Å². The minimum atomic E-state index is 0.625. The van der Waals surface area contributed by atoms with E-state index >= 15 is 0 Å². The maximum atomic E-state index is 5.70. The fourth-order valence-corrected chi connectivity index (χ4v) is 1.79. The number of rotatable bonds is 2. The molecule has 1 fully saturated rings. The second-order valence-electron chi connectivity index (χ2n) is 3.74. The van der Waals surface area contributed by atoms with Gasteiger partial charge in [0.1, 0.15) is 0 Å². The highest BCUT2D eigenvalue weighted by atomic mass is 15.3. The van der Waals surface area contributed by atoms with Gasteiger partial charge in [-0.2, -0.15) is 0 Å². The van der Waals surface area contributed by atoms with E-state index in [-0.39, 0.29) is 0 Å².